The van der Waals surface area contributed by atoms with E-state index in [0.717, 1.165) is 12.8 Å². The molecule has 2 rings (SSSR count). The number of nitrogens with zero attached hydrogens (tertiary/aromatic N) is 1. The molecule has 16 heavy (non-hydrogen) atoms. The van der Waals surface area contributed by atoms with Crippen molar-refractivity contribution in [1.82, 2.24) is 10.2 Å². The first kappa shape index (κ1) is 11.7. The van der Waals surface area contributed by atoms with E-state index in [2.05, 4.69) is 24.1 Å². The van der Waals surface area contributed by atoms with Gasteiger partial charge in [-0.05, 0) is 46.0 Å². The molecular formula is C13H24N2O. The van der Waals surface area contributed by atoms with Gasteiger partial charge in [0.15, 0.2) is 0 Å². The molecule has 2 fully saturated rings. The Balaban J connectivity index is 1.90. The minimum absolute atomic E-state index is 0.173. The molecule has 1 N–H and O–H groups in total. The number of carbonyl (C=O) groups is 1. The van der Waals surface area contributed by atoms with Crippen LogP contribution in [0.1, 0.15) is 58.8 Å². The zero-order valence-corrected chi connectivity index (χ0v) is 10.5. The van der Waals surface area contributed by atoms with Gasteiger partial charge in [0, 0.05) is 18.1 Å². The first-order valence-corrected chi connectivity index (χ1v) is 6.77. The molecule has 3 heteroatoms. The molecule has 2 atom stereocenters. The Morgan fingerprint density at radius 2 is 1.56 bits per heavy atom. The molecule has 2 aliphatic rings. The highest BCUT2D eigenvalue weighted by Gasteiger charge is 2.30. The van der Waals surface area contributed by atoms with E-state index in [4.69, 9.17) is 0 Å². The maximum Gasteiger partial charge on any atom is 0.318 e. The predicted octanol–water partition coefficient (Wildman–Crippen LogP) is 2.90. The second kappa shape index (κ2) is 5.07. The van der Waals surface area contributed by atoms with Crippen molar-refractivity contribution in [2.45, 2.75) is 76.9 Å². The number of likely N-dealkylation sites (tertiary alicyclic amines) is 1. The molecule has 1 heterocycles. The Bertz CT molecular complexity index is 238. The normalized spacial score (nSPS) is 31.8. The monoisotopic (exact) mass is 224 g/mol. The van der Waals surface area contributed by atoms with Gasteiger partial charge < -0.3 is 10.2 Å². The Labute approximate surface area is 98.6 Å². The highest BCUT2D eigenvalue weighted by molar-refractivity contribution is 5.75. The minimum Gasteiger partial charge on any atom is -0.335 e. The van der Waals surface area contributed by atoms with Crippen molar-refractivity contribution < 1.29 is 4.79 Å². The van der Waals surface area contributed by atoms with Crippen molar-refractivity contribution >= 4 is 6.03 Å². The summed E-state index contributed by atoms with van der Waals surface area (Å²) in [5.41, 5.74) is 0. The first-order valence-electron chi connectivity index (χ1n) is 6.77. The summed E-state index contributed by atoms with van der Waals surface area (Å²) in [6.07, 6.45) is 8.46. The van der Waals surface area contributed by atoms with Crippen molar-refractivity contribution in [2.75, 3.05) is 0 Å². The quantitative estimate of drug-likeness (QED) is 0.729. The van der Waals surface area contributed by atoms with Crippen LogP contribution in [0.2, 0.25) is 0 Å². The fourth-order valence-electron chi connectivity index (χ4n) is 3.14. The number of rotatable bonds is 1. The topological polar surface area (TPSA) is 32.3 Å². The lowest BCUT2D eigenvalue weighted by atomic mass is 9.98. The molecule has 0 unspecified atom stereocenters. The van der Waals surface area contributed by atoms with Gasteiger partial charge in [-0.25, -0.2) is 4.79 Å². The maximum atomic E-state index is 12.2. The van der Waals surface area contributed by atoms with Crippen LogP contribution in [0.4, 0.5) is 4.79 Å². The molecule has 0 aromatic heterocycles. The van der Waals surface area contributed by atoms with E-state index in [-0.39, 0.29) is 6.03 Å². The van der Waals surface area contributed by atoms with Crippen molar-refractivity contribution in [2.24, 2.45) is 0 Å². The molecule has 92 valence electrons. The average molecular weight is 224 g/mol. The number of hydrogen-bond acceptors (Lipinski definition) is 1. The first-order chi connectivity index (χ1) is 7.68. The fourth-order valence-corrected chi connectivity index (χ4v) is 3.14. The number of amides is 2. The summed E-state index contributed by atoms with van der Waals surface area (Å²) in [6, 6.07) is 1.43. The zero-order chi connectivity index (χ0) is 11.5. The SMILES string of the molecule is C[C@@H]1CCC[C@@H](C)N1C(=O)NC1CCCC1. The Hall–Kier alpha value is -0.730. The summed E-state index contributed by atoms with van der Waals surface area (Å²) < 4.78 is 0. The summed E-state index contributed by atoms with van der Waals surface area (Å²) in [5.74, 6) is 0. The van der Waals surface area contributed by atoms with E-state index in [0.29, 0.717) is 18.1 Å². The molecule has 1 aliphatic carbocycles. The second-order valence-electron chi connectivity index (χ2n) is 5.47. The molecule has 0 aromatic rings. The van der Waals surface area contributed by atoms with Crippen LogP contribution in [0.25, 0.3) is 0 Å². The van der Waals surface area contributed by atoms with Gasteiger partial charge in [-0.15, -0.1) is 0 Å². The number of hydrogen-bond donors (Lipinski definition) is 1. The fraction of sp³-hybridized carbons (Fsp3) is 0.923. The van der Waals surface area contributed by atoms with Crippen LogP contribution < -0.4 is 5.32 Å². The van der Waals surface area contributed by atoms with E-state index in [9.17, 15) is 4.79 Å². The van der Waals surface area contributed by atoms with Crippen LogP contribution in [0.3, 0.4) is 0 Å². The number of carbonyl (C=O) groups excluding carboxylic acids is 1. The van der Waals surface area contributed by atoms with Gasteiger partial charge in [-0.3, -0.25) is 0 Å². The lowest BCUT2D eigenvalue weighted by Gasteiger charge is -2.39. The summed E-state index contributed by atoms with van der Waals surface area (Å²) in [7, 11) is 0. The van der Waals surface area contributed by atoms with E-state index in [1.807, 2.05) is 0 Å². The summed E-state index contributed by atoms with van der Waals surface area (Å²) >= 11 is 0. The summed E-state index contributed by atoms with van der Waals surface area (Å²) in [6.45, 7) is 4.34. The largest absolute Gasteiger partial charge is 0.335 e. The second-order valence-corrected chi connectivity index (χ2v) is 5.47. The van der Waals surface area contributed by atoms with Crippen LogP contribution in [0, 0.1) is 0 Å². The third-order valence-electron chi connectivity index (χ3n) is 4.11. The Kier molecular flexibility index (Phi) is 3.72. The maximum absolute atomic E-state index is 12.2. The van der Waals surface area contributed by atoms with Crippen molar-refractivity contribution in [3.8, 4) is 0 Å². The lowest BCUT2D eigenvalue weighted by molar-refractivity contribution is 0.120. The van der Waals surface area contributed by atoms with Crippen molar-refractivity contribution in [1.29, 1.82) is 0 Å². The highest BCUT2D eigenvalue weighted by atomic mass is 16.2. The van der Waals surface area contributed by atoms with E-state index in [1.165, 1.54) is 32.1 Å². The summed E-state index contributed by atoms with van der Waals surface area (Å²) in [5, 5.41) is 3.20. The average Bonchev–Trinajstić information content (AvgIpc) is 2.70. The standard InChI is InChI=1S/C13H24N2O/c1-10-6-5-7-11(2)15(10)13(16)14-12-8-3-4-9-12/h10-12H,3-9H2,1-2H3,(H,14,16)/t10-,11-/m1/s1. The summed E-state index contributed by atoms with van der Waals surface area (Å²) in [4.78, 5) is 14.2. The lowest BCUT2D eigenvalue weighted by Crippen LogP contribution is -2.53. The van der Waals surface area contributed by atoms with Crippen LogP contribution in [0.15, 0.2) is 0 Å². The van der Waals surface area contributed by atoms with E-state index < -0.39 is 0 Å². The number of urea groups is 1. The molecule has 0 radical (unpaired) electrons. The molecule has 3 nitrogen and oxygen atoms in total. The number of nitrogens with one attached hydrogen (secondary N) is 1. The molecule has 0 bridgehead atoms. The van der Waals surface area contributed by atoms with Gasteiger partial charge in [-0.1, -0.05) is 12.8 Å². The smallest absolute Gasteiger partial charge is 0.318 e. The number of piperidine rings is 1. The van der Waals surface area contributed by atoms with Gasteiger partial charge in [0.2, 0.25) is 0 Å². The molecule has 1 saturated heterocycles. The highest BCUT2D eigenvalue weighted by Crippen LogP contribution is 2.24. The van der Waals surface area contributed by atoms with Gasteiger partial charge in [0.05, 0.1) is 0 Å². The Morgan fingerprint density at radius 3 is 2.12 bits per heavy atom. The van der Waals surface area contributed by atoms with E-state index >= 15 is 0 Å². The molecule has 1 saturated carbocycles. The van der Waals surface area contributed by atoms with Gasteiger partial charge >= 0.3 is 6.03 Å². The van der Waals surface area contributed by atoms with Crippen LogP contribution >= 0.6 is 0 Å². The zero-order valence-electron chi connectivity index (χ0n) is 10.5. The molecule has 1 aliphatic heterocycles. The minimum atomic E-state index is 0.173. The van der Waals surface area contributed by atoms with Crippen LogP contribution in [-0.2, 0) is 0 Å². The Morgan fingerprint density at radius 1 is 1.00 bits per heavy atom. The molecule has 2 amide bonds. The van der Waals surface area contributed by atoms with Gasteiger partial charge in [0.25, 0.3) is 0 Å². The third-order valence-corrected chi connectivity index (χ3v) is 4.11. The van der Waals surface area contributed by atoms with Crippen molar-refractivity contribution in [3.63, 3.8) is 0 Å². The molecule has 0 spiro atoms. The van der Waals surface area contributed by atoms with Crippen LogP contribution in [-0.4, -0.2) is 29.1 Å². The van der Waals surface area contributed by atoms with Crippen LogP contribution in [0.5, 0.6) is 0 Å². The van der Waals surface area contributed by atoms with Gasteiger partial charge in [0.1, 0.15) is 0 Å². The van der Waals surface area contributed by atoms with Crippen molar-refractivity contribution in [3.05, 3.63) is 0 Å². The van der Waals surface area contributed by atoms with E-state index in [1.54, 1.807) is 0 Å². The molecular weight excluding hydrogens is 200 g/mol. The molecule has 0 aromatic carbocycles. The predicted molar refractivity (Wildman–Crippen MR) is 65.4 cm³/mol. The van der Waals surface area contributed by atoms with Gasteiger partial charge in [-0.2, -0.15) is 0 Å². The third kappa shape index (κ3) is 2.50.